The number of anilines is 2. The molecule has 0 saturated heterocycles. The van der Waals surface area contributed by atoms with Crippen LogP contribution in [0.2, 0.25) is 4.34 Å². The third kappa shape index (κ3) is 4.25. The highest BCUT2D eigenvalue weighted by molar-refractivity contribution is 7.16. The number of nitrogen functional groups attached to an aromatic ring is 1. The number of thiophene rings is 1. The zero-order valence-corrected chi connectivity index (χ0v) is 13.2. The Balaban J connectivity index is 1.53. The summed E-state index contributed by atoms with van der Waals surface area (Å²) in [4.78, 5) is 5.68. The van der Waals surface area contributed by atoms with Gasteiger partial charge in [0, 0.05) is 11.4 Å². The van der Waals surface area contributed by atoms with Crippen molar-refractivity contribution in [2.24, 2.45) is 5.92 Å². The Morgan fingerprint density at radius 2 is 2.19 bits per heavy atom. The van der Waals surface area contributed by atoms with Crippen LogP contribution in [-0.2, 0) is 6.42 Å². The molecule has 0 bridgehead atoms. The van der Waals surface area contributed by atoms with Crippen LogP contribution in [0.15, 0.2) is 24.3 Å². The summed E-state index contributed by atoms with van der Waals surface area (Å²) >= 11 is 7.52. The van der Waals surface area contributed by atoms with E-state index in [1.165, 1.54) is 17.7 Å². The maximum absolute atomic E-state index is 5.92. The lowest BCUT2D eigenvalue weighted by Crippen LogP contribution is -2.08. The number of halogens is 1. The number of pyridine rings is 1. The predicted molar refractivity (Wildman–Crippen MR) is 88.4 cm³/mol. The van der Waals surface area contributed by atoms with Gasteiger partial charge in [-0.2, -0.15) is 4.98 Å². The first-order valence-corrected chi connectivity index (χ1v) is 8.27. The fourth-order valence-electron chi connectivity index (χ4n) is 1.95. The Morgan fingerprint density at radius 1 is 1.33 bits per heavy atom. The van der Waals surface area contributed by atoms with Crippen molar-refractivity contribution in [1.82, 2.24) is 4.98 Å². The highest BCUT2D eigenvalue weighted by Gasteiger charge is 2.22. The molecule has 0 unspecified atom stereocenters. The molecule has 112 valence electrons. The molecular weight excluding hydrogens is 306 g/mol. The topological polar surface area (TPSA) is 60.2 Å². The molecule has 0 radical (unpaired) electrons. The third-order valence-corrected chi connectivity index (χ3v) is 4.64. The van der Waals surface area contributed by atoms with E-state index >= 15 is 0 Å². The van der Waals surface area contributed by atoms with E-state index in [2.05, 4.69) is 16.4 Å². The summed E-state index contributed by atoms with van der Waals surface area (Å²) in [6, 6.07) is 7.68. The zero-order chi connectivity index (χ0) is 14.7. The Morgan fingerprint density at radius 3 is 2.90 bits per heavy atom. The second kappa shape index (κ2) is 6.54. The van der Waals surface area contributed by atoms with Gasteiger partial charge in [0.1, 0.15) is 5.82 Å². The third-order valence-electron chi connectivity index (χ3n) is 3.35. The van der Waals surface area contributed by atoms with Crippen molar-refractivity contribution in [3.8, 4) is 5.88 Å². The summed E-state index contributed by atoms with van der Waals surface area (Å²) in [6.07, 6.45) is 3.42. The molecule has 21 heavy (non-hydrogen) atoms. The van der Waals surface area contributed by atoms with Gasteiger partial charge in [0.25, 0.3) is 0 Å². The smallest absolute Gasteiger partial charge is 0.239 e. The average molecular weight is 324 g/mol. The minimum absolute atomic E-state index is 0.533. The van der Waals surface area contributed by atoms with Gasteiger partial charge in [-0.25, -0.2) is 0 Å². The van der Waals surface area contributed by atoms with Crippen LogP contribution in [0.5, 0.6) is 5.88 Å². The van der Waals surface area contributed by atoms with Crippen molar-refractivity contribution < 1.29 is 4.74 Å². The minimum atomic E-state index is 0.533. The summed E-state index contributed by atoms with van der Waals surface area (Å²) < 4.78 is 6.50. The second-order valence-electron chi connectivity index (χ2n) is 5.23. The van der Waals surface area contributed by atoms with E-state index in [4.69, 9.17) is 22.1 Å². The van der Waals surface area contributed by atoms with Crippen molar-refractivity contribution in [2.45, 2.75) is 19.3 Å². The van der Waals surface area contributed by atoms with E-state index in [9.17, 15) is 0 Å². The van der Waals surface area contributed by atoms with E-state index in [-0.39, 0.29) is 0 Å². The Labute approximate surface area is 133 Å². The van der Waals surface area contributed by atoms with Gasteiger partial charge in [-0.15, -0.1) is 11.3 Å². The van der Waals surface area contributed by atoms with Crippen molar-refractivity contribution in [3.05, 3.63) is 33.5 Å². The standard InChI is InChI=1S/C15H18ClN3OS/c16-13-5-3-11(21-13)7-8-18-14-6-4-12(17)15(19-14)20-9-10-1-2-10/h3-6,10H,1-2,7-9,17H2,(H,18,19). The molecule has 0 aliphatic heterocycles. The van der Waals surface area contributed by atoms with Gasteiger partial charge in [0.2, 0.25) is 5.88 Å². The lowest BCUT2D eigenvalue weighted by molar-refractivity contribution is 0.290. The maximum Gasteiger partial charge on any atom is 0.239 e. The Hall–Kier alpha value is -1.46. The van der Waals surface area contributed by atoms with E-state index in [0.717, 1.165) is 23.1 Å². The Bertz CT molecular complexity index is 613. The number of nitrogens with one attached hydrogen (secondary N) is 1. The SMILES string of the molecule is Nc1ccc(NCCc2ccc(Cl)s2)nc1OCC1CC1. The van der Waals surface area contributed by atoms with E-state index in [1.54, 1.807) is 11.3 Å². The maximum atomic E-state index is 5.92. The molecule has 0 spiro atoms. The van der Waals surface area contributed by atoms with Crippen molar-refractivity contribution in [1.29, 1.82) is 0 Å². The van der Waals surface area contributed by atoms with Crippen LogP contribution in [0, 0.1) is 5.92 Å². The van der Waals surface area contributed by atoms with Crippen LogP contribution in [0.3, 0.4) is 0 Å². The molecule has 0 aromatic carbocycles. The molecule has 1 aliphatic carbocycles. The minimum Gasteiger partial charge on any atom is -0.476 e. The van der Waals surface area contributed by atoms with Crippen LogP contribution in [0.4, 0.5) is 11.5 Å². The number of nitrogens with two attached hydrogens (primary N) is 1. The number of rotatable bonds is 7. The van der Waals surface area contributed by atoms with Crippen molar-refractivity contribution in [3.63, 3.8) is 0 Å². The predicted octanol–water partition coefficient (Wildman–Crippen LogP) is 3.82. The van der Waals surface area contributed by atoms with Gasteiger partial charge in [-0.3, -0.25) is 0 Å². The molecule has 0 amide bonds. The normalized spacial score (nSPS) is 14.1. The highest BCUT2D eigenvalue weighted by Crippen LogP contribution is 2.30. The second-order valence-corrected chi connectivity index (χ2v) is 7.03. The van der Waals surface area contributed by atoms with Gasteiger partial charge in [-0.05, 0) is 49.4 Å². The van der Waals surface area contributed by atoms with Gasteiger partial charge in [0.15, 0.2) is 0 Å². The van der Waals surface area contributed by atoms with Crippen LogP contribution in [-0.4, -0.2) is 18.1 Å². The summed E-state index contributed by atoms with van der Waals surface area (Å²) in [6.45, 7) is 1.52. The molecule has 6 heteroatoms. The summed E-state index contributed by atoms with van der Waals surface area (Å²) in [7, 11) is 0. The van der Waals surface area contributed by atoms with Crippen LogP contribution >= 0.6 is 22.9 Å². The van der Waals surface area contributed by atoms with E-state index in [1.807, 2.05) is 18.2 Å². The molecule has 2 aromatic rings. The highest BCUT2D eigenvalue weighted by atomic mass is 35.5. The largest absolute Gasteiger partial charge is 0.476 e. The van der Waals surface area contributed by atoms with Crippen molar-refractivity contribution in [2.75, 3.05) is 24.2 Å². The molecule has 3 N–H and O–H groups in total. The average Bonchev–Trinajstić information content (AvgIpc) is 3.21. The van der Waals surface area contributed by atoms with Crippen LogP contribution in [0.25, 0.3) is 0 Å². The van der Waals surface area contributed by atoms with E-state index in [0.29, 0.717) is 24.1 Å². The number of ether oxygens (including phenoxy) is 1. The molecule has 4 nitrogen and oxygen atoms in total. The fourth-order valence-corrected chi connectivity index (χ4v) is 3.03. The monoisotopic (exact) mass is 323 g/mol. The molecule has 3 rings (SSSR count). The van der Waals surface area contributed by atoms with Crippen molar-refractivity contribution >= 4 is 34.4 Å². The van der Waals surface area contributed by atoms with Crippen LogP contribution in [0.1, 0.15) is 17.7 Å². The Kier molecular flexibility index (Phi) is 4.51. The first kappa shape index (κ1) is 14.5. The van der Waals surface area contributed by atoms with Gasteiger partial charge >= 0.3 is 0 Å². The lowest BCUT2D eigenvalue weighted by atomic mass is 10.3. The number of hydrogen-bond acceptors (Lipinski definition) is 5. The molecule has 1 aliphatic rings. The molecular formula is C15H18ClN3OS. The molecule has 2 heterocycles. The number of hydrogen-bond donors (Lipinski definition) is 2. The van der Waals surface area contributed by atoms with Gasteiger partial charge in [-0.1, -0.05) is 11.6 Å². The van der Waals surface area contributed by atoms with Crippen LogP contribution < -0.4 is 15.8 Å². The summed E-state index contributed by atoms with van der Waals surface area (Å²) in [5.74, 6) is 2.01. The lowest BCUT2D eigenvalue weighted by Gasteiger charge is -2.10. The molecule has 2 aromatic heterocycles. The fraction of sp³-hybridized carbons (Fsp3) is 0.400. The number of nitrogens with zero attached hydrogens (tertiary/aromatic N) is 1. The van der Waals surface area contributed by atoms with E-state index < -0.39 is 0 Å². The summed E-state index contributed by atoms with van der Waals surface area (Å²) in [5, 5.41) is 3.29. The van der Waals surface area contributed by atoms with Gasteiger partial charge < -0.3 is 15.8 Å². The number of aromatic nitrogens is 1. The first-order chi connectivity index (χ1) is 10.2. The first-order valence-electron chi connectivity index (χ1n) is 7.08. The molecule has 1 saturated carbocycles. The molecule has 0 atom stereocenters. The zero-order valence-electron chi connectivity index (χ0n) is 11.6. The summed E-state index contributed by atoms with van der Waals surface area (Å²) in [5.41, 5.74) is 6.48. The molecule has 1 fully saturated rings. The quantitative estimate of drug-likeness (QED) is 0.813. The van der Waals surface area contributed by atoms with Gasteiger partial charge in [0.05, 0.1) is 16.6 Å².